The lowest BCUT2D eigenvalue weighted by atomic mass is 10.1. The van der Waals surface area contributed by atoms with E-state index in [1.807, 2.05) is 19.1 Å². The molecule has 2 heteroatoms. The van der Waals surface area contributed by atoms with Gasteiger partial charge in [0.1, 0.15) is 5.75 Å². The van der Waals surface area contributed by atoms with Crippen LogP contribution in [-0.2, 0) is 0 Å². The molecule has 0 saturated heterocycles. The van der Waals surface area contributed by atoms with E-state index in [9.17, 15) is 0 Å². The van der Waals surface area contributed by atoms with Gasteiger partial charge in [-0.05, 0) is 51.8 Å². The Morgan fingerprint density at radius 3 is 2.26 bits per heavy atom. The van der Waals surface area contributed by atoms with Gasteiger partial charge in [0, 0.05) is 12.1 Å². The van der Waals surface area contributed by atoms with E-state index in [-0.39, 0.29) is 5.54 Å². The zero-order chi connectivity index (χ0) is 14.3. The van der Waals surface area contributed by atoms with Gasteiger partial charge < -0.3 is 10.1 Å². The van der Waals surface area contributed by atoms with Crippen molar-refractivity contribution in [3.05, 3.63) is 35.4 Å². The molecule has 0 unspecified atom stereocenters. The van der Waals surface area contributed by atoms with E-state index in [0.717, 1.165) is 18.7 Å². The summed E-state index contributed by atoms with van der Waals surface area (Å²) in [6.07, 6.45) is 3.32. The van der Waals surface area contributed by atoms with E-state index < -0.39 is 0 Å². The molecule has 0 heterocycles. The van der Waals surface area contributed by atoms with Crippen molar-refractivity contribution in [2.75, 3.05) is 13.2 Å². The van der Waals surface area contributed by atoms with E-state index >= 15 is 0 Å². The van der Waals surface area contributed by atoms with Crippen LogP contribution in [0, 0.1) is 0 Å². The fourth-order valence-electron chi connectivity index (χ4n) is 1.72. The van der Waals surface area contributed by atoms with Crippen LogP contribution in [0.3, 0.4) is 0 Å². The van der Waals surface area contributed by atoms with E-state index in [4.69, 9.17) is 4.74 Å². The van der Waals surface area contributed by atoms with Gasteiger partial charge in [-0.25, -0.2) is 0 Å². The van der Waals surface area contributed by atoms with Crippen LogP contribution in [0.25, 0.3) is 6.08 Å². The maximum atomic E-state index is 5.45. The third kappa shape index (κ3) is 6.44. The molecule has 19 heavy (non-hydrogen) atoms. The first-order chi connectivity index (χ1) is 8.94. The topological polar surface area (TPSA) is 21.3 Å². The van der Waals surface area contributed by atoms with Crippen molar-refractivity contribution in [1.82, 2.24) is 5.32 Å². The number of ether oxygens (including phenoxy) is 1. The standard InChI is InChI=1S/C17H27NO/c1-6-14(13-18-17(3,4)5)12-15-8-10-16(11-9-15)19-7-2/h8-12,18H,6-7,13H2,1-5H3. The third-order valence-corrected chi connectivity index (χ3v) is 2.86. The molecular formula is C17H27NO. The summed E-state index contributed by atoms with van der Waals surface area (Å²) in [5.41, 5.74) is 2.81. The highest BCUT2D eigenvalue weighted by atomic mass is 16.5. The van der Waals surface area contributed by atoms with Crippen molar-refractivity contribution in [3.63, 3.8) is 0 Å². The van der Waals surface area contributed by atoms with Crippen molar-refractivity contribution in [2.45, 2.75) is 46.6 Å². The van der Waals surface area contributed by atoms with Gasteiger partial charge in [0.15, 0.2) is 0 Å². The molecule has 0 aliphatic heterocycles. The van der Waals surface area contributed by atoms with Gasteiger partial charge in [0.2, 0.25) is 0 Å². The minimum absolute atomic E-state index is 0.160. The molecule has 0 bridgehead atoms. The van der Waals surface area contributed by atoms with Crippen LogP contribution in [0.1, 0.15) is 46.6 Å². The van der Waals surface area contributed by atoms with Crippen LogP contribution < -0.4 is 10.1 Å². The Morgan fingerprint density at radius 1 is 1.16 bits per heavy atom. The number of nitrogens with one attached hydrogen (secondary N) is 1. The molecule has 0 aliphatic rings. The third-order valence-electron chi connectivity index (χ3n) is 2.86. The van der Waals surface area contributed by atoms with Gasteiger partial charge in [-0.1, -0.05) is 30.7 Å². The fourth-order valence-corrected chi connectivity index (χ4v) is 1.72. The predicted molar refractivity (Wildman–Crippen MR) is 83.6 cm³/mol. The summed E-state index contributed by atoms with van der Waals surface area (Å²) in [5.74, 6) is 0.936. The summed E-state index contributed by atoms with van der Waals surface area (Å²) >= 11 is 0. The first kappa shape index (κ1) is 15.8. The lowest BCUT2D eigenvalue weighted by Gasteiger charge is -2.21. The molecule has 1 aromatic carbocycles. The first-order valence-corrected chi connectivity index (χ1v) is 7.12. The molecule has 0 saturated carbocycles. The first-order valence-electron chi connectivity index (χ1n) is 7.12. The molecule has 1 rings (SSSR count). The van der Waals surface area contributed by atoms with Gasteiger partial charge >= 0.3 is 0 Å². The minimum Gasteiger partial charge on any atom is -0.494 e. The fraction of sp³-hybridized carbons (Fsp3) is 0.529. The maximum absolute atomic E-state index is 5.45. The molecule has 0 radical (unpaired) electrons. The molecule has 0 amide bonds. The highest BCUT2D eigenvalue weighted by Crippen LogP contribution is 2.15. The number of hydrogen-bond donors (Lipinski definition) is 1. The van der Waals surface area contributed by atoms with E-state index in [2.05, 4.69) is 51.2 Å². The second kappa shape index (κ2) is 7.34. The average molecular weight is 261 g/mol. The van der Waals surface area contributed by atoms with E-state index in [1.54, 1.807) is 0 Å². The SMILES string of the molecule is CCOc1ccc(C=C(CC)CNC(C)(C)C)cc1. The number of benzene rings is 1. The Balaban J connectivity index is 2.69. The second-order valence-corrected chi connectivity index (χ2v) is 5.76. The highest BCUT2D eigenvalue weighted by molar-refractivity contribution is 5.54. The highest BCUT2D eigenvalue weighted by Gasteiger charge is 2.08. The summed E-state index contributed by atoms with van der Waals surface area (Å²) in [6, 6.07) is 8.27. The van der Waals surface area contributed by atoms with Crippen LogP contribution in [0.2, 0.25) is 0 Å². The lowest BCUT2D eigenvalue weighted by Crippen LogP contribution is -2.36. The Morgan fingerprint density at radius 2 is 1.79 bits per heavy atom. The predicted octanol–water partition coefficient (Wildman–Crippen LogP) is 4.27. The Kier molecular flexibility index (Phi) is 6.10. The molecular weight excluding hydrogens is 234 g/mol. The van der Waals surface area contributed by atoms with Crippen molar-refractivity contribution in [1.29, 1.82) is 0 Å². The van der Waals surface area contributed by atoms with E-state index in [1.165, 1.54) is 11.1 Å². The van der Waals surface area contributed by atoms with Crippen LogP contribution in [0.15, 0.2) is 29.8 Å². The second-order valence-electron chi connectivity index (χ2n) is 5.76. The number of rotatable bonds is 6. The van der Waals surface area contributed by atoms with Crippen LogP contribution >= 0.6 is 0 Å². The smallest absolute Gasteiger partial charge is 0.119 e. The lowest BCUT2D eigenvalue weighted by molar-refractivity contribution is 0.340. The Bertz CT molecular complexity index is 398. The van der Waals surface area contributed by atoms with Crippen LogP contribution in [0.4, 0.5) is 0 Å². The molecule has 1 aromatic rings. The van der Waals surface area contributed by atoms with Crippen molar-refractivity contribution in [2.24, 2.45) is 0 Å². The van der Waals surface area contributed by atoms with Crippen molar-refractivity contribution in [3.8, 4) is 5.75 Å². The van der Waals surface area contributed by atoms with E-state index in [0.29, 0.717) is 6.61 Å². The molecule has 0 aliphatic carbocycles. The molecule has 0 fully saturated rings. The summed E-state index contributed by atoms with van der Waals surface area (Å²) in [5, 5.41) is 3.53. The molecule has 0 aromatic heterocycles. The minimum atomic E-state index is 0.160. The van der Waals surface area contributed by atoms with Crippen molar-refractivity contribution >= 4 is 6.08 Å². The largest absolute Gasteiger partial charge is 0.494 e. The maximum Gasteiger partial charge on any atom is 0.119 e. The van der Waals surface area contributed by atoms with Gasteiger partial charge in [-0.15, -0.1) is 0 Å². The Labute approximate surface area is 117 Å². The zero-order valence-corrected chi connectivity index (χ0v) is 12.9. The summed E-state index contributed by atoms with van der Waals surface area (Å²) in [4.78, 5) is 0. The summed E-state index contributed by atoms with van der Waals surface area (Å²) in [7, 11) is 0. The van der Waals surface area contributed by atoms with Crippen LogP contribution in [0.5, 0.6) is 5.75 Å². The van der Waals surface area contributed by atoms with Crippen molar-refractivity contribution < 1.29 is 4.74 Å². The monoisotopic (exact) mass is 261 g/mol. The molecule has 1 N–H and O–H groups in total. The Hall–Kier alpha value is -1.28. The van der Waals surface area contributed by atoms with Gasteiger partial charge in [0.05, 0.1) is 6.61 Å². The summed E-state index contributed by atoms with van der Waals surface area (Å²) < 4.78 is 5.45. The van der Waals surface area contributed by atoms with Crippen LogP contribution in [-0.4, -0.2) is 18.7 Å². The zero-order valence-electron chi connectivity index (χ0n) is 12.9. The molecule has 2 nitrogen and oxygen atoms in total. The van der Waals surface area contributed by atoms with Gasteiger partial charge in [-0.2, -0.15) is 0 Å². The van der Waals surface area contributed by atoms with Gasteiger partial charge in [-0.3, -0.25) is 0 Å². The summed E-state index contributed by atoms with van der Waals surface area (Å²) in [6.45, 7) is 12.4. The molecule has 0 atom stereocenters. The molecule has 0 spiro atoms. The average Bonchev–Trinajstić information content (AvgIpc) is 2.36. The molecule has 106 valence electrons. The quantitative estimate of drug-likeness (QED) is 0.826. The normalized spacial score (nSPS) is 12.6. The van der Waals surface area contributed by atoms with Gasteiger partial charge in [0.25, 0.3) is 0 Å². The number of hydrogen-bond acceptors (Lipinski definition) is 2.